The van der Waals surface area contributed by atoms with Crippen LogP contribution < -0.4 is 0 Å². The van der Waals surface area contributed by atoms with Crippen LogP contribution in [0.4, 0.5) is 0 Å². The molecule has 0 fully saturated rings. The monoisotopic (exact) mass is 238 g/mol. The summed E-state index contributed by atoms with van der Waals surface area (Å²) >= 11 is 4.56. The normalized spacial score (nSPS) is 13.3. The fraction of sp³-hybridized carbons (Fsp3) is 1.00. The van der Waals surface area contributed by atoms with Gasteiger partial charge in [0.1, 0.15) is 0 Å². The van der Waals surface area contributed by atoms with Crippen molar-refractivity contribution < 1.29 is 0 Å². The van der Waals surface area contributed by atoms with Crippen molar-refractivity contribution in [3.8, 4) is 0 Å². The van der Waals surface area contributed by atoms with Crippen LogP contribution in [0.2, 0.25) is 23.2 Å². The van der Waals surface area contributed by atoms with Crippen molar-refractivity contribution in [1.29, 1.82) is 0 Å². The molecule has 0 spiro atoms. The van der Waals surface area contributed by atoms with E-state index in [4.69, 9.17) is 0 Å². The predicted octanol–water partition coefficient (Wildman–Crippen LogP) is 4.87. The van der Waals surface area contributed by atoms with Gasteiger partial charge in [-0.25, -0.2) is 0 Å². The van der Waals surface area contributed by atoms with E-state index < -0.39 is 7.22 Å². The van der Waals surface area contributed by atoms with Crippen molar-refractivity contribution in [2.75, 3.05) is 5.75 Å². The molecule has 15 heavy (non-hydrogen) atoms. The Morgan fingerprint density at radius 3 is 2.00 bits per heavy atom. The van der Waals surface area contributed by atoms with Gasteiger partial charge in [-0.1, -0.05) is 0 Å². The third-order valence-corrected chi connectivity index (χ3v) is 13.0. The standard InChI is InChI=1S/C12H27SSi.Li/c1-7-8-9-10-11-13-14(5,6)12(2,3)4;/h1,7-11H2,2-6H3;. The molecule has 0 radical (unpaired) electrons. The molecule has 3 heteroatoms. The minimum atomic E-state index is -1.06. The first-order chi connectivity index (χ1) is 6.81. The summed E-state index contributed by atoms with van der Waals surface area (Å²) in [6.07, 6.45) is 5.73. The summed E-state index contributed by atoms with van der Waals surface area (Å²) in [5.41, 5.74) is 0. The van der Waals surface area contributed by atoms with Crippen molar-refractivity contribution in [3.63, 3.8) is 0 Å². The molecule has 0 bridgehead atoms. The van der Waals surface area contributed by atoms with Crippen molar-refractivity contribution in [2.45, 2.75) is 69.7 Å². The SMILES string of the molecule is [Li][CH2]CCCCCS[Si](C)(C)C(C)(C)C. The minimum absolute atomic E-state index is 0.543. The van der Waals surface area contributed by atoms with Gasteiger partial charge in [-0.05, 0) is 0 Å². The van der Waals surface area contributed by atoms with Crippen molar-refractivity contribution in [2.24, 2.45) is 0 Å². The van der Waals surface area contributed by atoms with Gasteiger partial charge >= 0.3 is 112 Å². The van der Waals surface area contributed by atoms with Crippen LogP contribution in [0.5, 0.6) is 0 Å². The molecule has 0 saturated heterocycles. The Hall–Kier alpha value is 1.16. The third-order valence-electron chi connectivity index (χ3n) is 3.52. The maximum atomic E-state index is 2.52. The molecule has 0 heterocycles. The average Bonchev–Trinajstić information content (AvgIpc) is 2.09. The summed E-state index contributed by atoms with van der Waals surface area (Å²) in [6, 6.07) is 0. The topological polar surface area (TPSA) is 0 Å². The van der Waals surface area contributed by atoms with Crippen LogP contribution in [-0.4, -0.2) is 30.7 Å². The van der Waals surface area contributed by atoms with E-state index in [1.54, 1.807) is 0 Å². The summed E-state index contributed by atoms with van der Waals surface area (Å²) in [5.74, 6) is 1.39. The second-order valence-electron chi connectivity index (χ2n) is 6.02. The fourth-order valence-electron chi connectivity index (χ4n) is 1.25. The molecule has 0 aliphatic rings. The second-order valence-corrected chi connectivity index (χ2v) is 15.2. The molecule has 0 aromatic heterocycles. The van der Waals surface area contributed by atoms with Gasteiger partial charge in [-0.3, -0.25) is 0 Å². The first kappa shape index (κ1) is 16.2. The van der Waals surface area contributed by atoms with E-state index in [1.807, 2.05) is 0 Å². The van der Waals surface area contributed by atoms with Crippen LogP contribution in [0, 0.1) is 0 Å². The summed E-state index contributed by atoms with van der Waals surface area (Å²) in [5, 5.41) is 1.90. The van der Waals surface area contributed by atoms with E-state index in [1.165, 1.54) is 36.5 Å². The molecule has 0 aliphatic heterocycles. The molecule has 0 aromatic rings. The number of unbranched alkanes of at least 4 members (excludes halogenated alkanes) is 3. The van der Waals surface area contributed by atoms with Crippen molar-refractivity contribution >= 4 is 36.1 Å². The molecule has 86 valence electrons. The Morgan fingerprint density at radius 2 is 1.53 bits per heavy atom. The van der Waals surface area contributed by atoms with Gasteiger partial charge in [0.05, 0.1) is 0 Å². The van der Waals surface area contributed by atoms with Gasteiger partial charge in [-0.2, -0.15) is 0 Å². The zero-order valence-corrected chi connectivity index (χ0v) is 13.5. The summed E-state index contributed by atoms with van der Waals surface area (Å²) in [4.78, 5) is 0. The van der Waals surface area contributed by atoms with Crippen LogP contribution in [0.25, 0.3) is 0 Å². The van der Waals surface area contributed by atoms with Crippen LogP contribution in [0.1, 0.15) is 46.5 Å². The quantitative estimate of drug-likeness (QED) is 0.450. The van der Waals surface area contributed by atoms with Gasteiger partial charge < -0.3 is 0 Å². The van der Waals surface area contributed by atoms with Gasteiger partial charge in [-0.15, -0.1) is 0 Å². The van der Waals surface area contributed by atoms with Crippen LogP contribution >= 0.6 is 11.2 Å². The molecule has 0 aliphatic carbocycles. The fourth-order valence-corrected chi connectivity index (χ4v) is 5.80. The third kappa shape index (κ3) is 7.16. The van der Waals surface area contributed by atoms with Crippen LogP contribution in [0.3, 0.4) is 0 Å². The van der Waals surface area contributed by atoms with Crippen LogP contribution in [0.15, 0.2) is 0 Å². The maximum absolute atomic E-state index is 2.52. The van der Waals surface area contributed by atoms with E-state index in [0.29, 0.717) is 5.04 Å². The Morgan fingerprint density at radius 1 is 1.00 bits per heavy atom. The van der Waals surface area contributed by atoms with E-state index in [-0.39, 0.29) is 0 Å². The molecule has 0 nitrogen and oxygen atoms in total. The molecule has 0 amide bonds. The first-order valence-electron chi connectivity index (χ1n) is 6.45. The van der Waals surface area contributed by atoms with E-state index in [9.17, 15) is 0 Å². The summed E-state index contributed by atoms with van der Waals surface area (Å²) in [7, 11) is -1.06. The zero-order valence-electron chi connectivity index (χ0n) is 11.7. The van der Waals surface area contributed by atoms with Gasteiger partial charge in [0.15, 0.2) is 0 Å². The van der Waals surface area contributed by atoms with Gasteiger partial charge in [0, 0.05) is 0 Å². The van der Waals surface area contributed by atoms with Gasteiger partial charge in [0.25, 0.3) is 0 Å². The van der Waals surface area contributed by atoms with E-state index in [2.05, 4.69) is 62.8 Å². The molecule has 0 unspecified atom stereocenters. The molecular formula is C12H27LiSSi. The number of hydrogen-bond acceptors (Lipinski definition) is 1. The van der Waals surface area contributed by atoms with Crippen molar-refractivity contribution in [3.05, 3.63) is 0 Å². The zero-order chi connectivity index (χ0) is 11.9. The van der Waals surface area contributed by atoms with Gasteiger partial charge in [0.2, 0.25) is 0 Å². The Balaban J connectivity index is 3.58. The number of hydrogen-bond donors (Lipinski definition) is 0. The van der Waals surface area contributed by atoms with Crippen molar-refractivity contribution in [1.82, 2.24) is 0 Å². The molecule has 0 N–H and O–H groups in total. The molecule has 0 aromatic carbocycles. The Bertz CT molecular complexity index is 163. The molecular weight excluding hydrogens is 211 g/mol. The Labute approximate surface area is 111 Å². The first-order valence-corrected chi connectivity index (χ1v) is 11.2. The summed E-state index contributed by atoms with van der Waals surface area (Å²) < 4.78 is 0. The average molecular weight is 238 g/mol. The number of rotatable bonds is 7. The predicted molar refractivity (Wildman–Crippen MR) is 78.7 cm³/mol. The summed E-state index contributed by atoms with van der Waals surface area (Å²) in [6.45, 7) is 12.3. The van der Waals surface area contributed by atoms with E-state index in [0.717, 1.165) is 0 Å². The second kappa shape index (κ2) is 7.48. The van der Waals surface area contributed by atoms with Crippen LogP contribution in [-0.2, 0) is 0 Å². The molecule has 0 rings (SSSR count). The Kier molecular flexibility index (Phi) is 8.06. The molecule has 0 saturated carbocycles. The molecule has 0 atom stereocenters. The van der Waals surface area contributed by atoms with E-state index >= 15 is 0 Å².